The van der Waals surface area contributed by atoms with Crippen molar-refractivity contribution in [3.63, 3.8) is 0 Å². The van der Waals surface area contributed by atoms with Crippen LogP contribution < -0.4 is 0 Å². The molecule has 2 heterocycles. The van der Waals surface area contributed by atoms with Crippen molar-refractivity contribution >= 4 is 22.5 Å². The summed E-state index contributed by atoms with van der Waals surface area (Å²) in [7, 11) is 0. The Kier molecular flexibility index (Phi) is 3.40. The molecule has 4 nitrogen and oxygen atoms in total. The number of hydrazone groups is 1. The van der Waals surface area contributed by atoms with Gasteiger partial charge in [0.05, 0.1) is 12.3 Å². The van der Waals surface area contributed by atoms with Gasteiger partial charge in [0.1, 0.15) is 12.2 Å². The van der Waals surface area contributed by atoms with Crippen molar-refractivity contribution in [3.05, 3.63) is 71.9 Å². The van der Waals surface area contributed by atoms with Gasteiger partial charge in [-0.15, -0.1) is 6.42 Å². The van der Waals surface area contributed by atoms with Gasteiger partial charge in [-0.05, 0) is 17.7 Å². The molecule has 2 aromatic carbocycles. The van der Waals surface area contributed by atoms with Crippen molar-refractivity contribution in [2.45, 2.75) is 6.54 Å². The van der Waals surface area contributed by atoms with Gasteiger partial charge in [0.25, 0.3) is 5.91 Å². The summed E-state index contributed by atoms with van der Waals surface area (Å²) < 4.78 is 2.01. The van der Waals surface area contributed by atoms with E-state index in [4.69, 9.17) is 6.42 Å². The monoisotopic (exact) mass is 313 g/mol. The lowest BCUT2D eigenvalue weighted by atomic mass is 10.1. The molecule has 4 rings (SSSR count). The van der Waals surface area contributed by atoms with Crippen LogP contribution in [0.3, 0.4) is 0 Å². The number of nitrogens with zero attached hydrogens (tertiary/aromatic N) is 3. The van der Waals surface area contributed by atoms with Crippen LogP contribution in [0.1, 0.15) is 16.1 Å². The first-order valence-corrected chi connectivity index (χ1v) is 7.74. The van der Waals surface area contributed by atoms with Crippen molar-refractivity contribution in [1.29, 1.82) is 0 Å². The molecule has 4 heteroatoms. The predicted molar refractivity (Wildman–Crippen MR) is 94.8 cm³/mol. The molecular formula is C20H15N3O. The highest BCUT2D eigenvalue weighted by atomic mass is 16.2. The molecule has 116 valence electrons. The molecule has 1 aromatic heterocycles. The van der Waals surface area contributed by atoms with Gasteiger partial charge in [-0.2, -0.15) is 5.10 Å². The van der Waals surface area contributed by atoms with Crippen molar-refractivity contribution in [2.24, 2.45) is 5.10 Å². The van der Waals surface area contributed by atoms with Crippen molar-refractivity contribution < 1.29 is 4.79 Å². The molecule has 0 saturated heterocycles. The normalized spacial score (nSPS) is 14.0. The average Bonchev–Trinajstić information content (AvgIpc) is 2.93. The number of terminal acetylenes is 1. The molecule has 3 aromatic rings. The van der Waals surface area contributed by atoms with Crippen LogP contribution in [0.4, 0.5) is 0 Å². The minimum absolute atomic E-state index is 0.149. The first kappa shape index (κ1) is 14.3. The van der Waals surface area contributed by atoms with Gasteiger partial charge in [-0.3, -0.25) is 4.79 Å². The average molecular weight is 313 g/mol. The third-order valence-corrected chi connectivity index (χ3v) is 4.16. The molecule has 1 aliphatic rings. The Hall–Kier alpha value is -3.32. The minimum atomic E-state index is -0.171. The summed E-state index contributed by atoms with van der Waals surface area (Å²) in [6.07, 6.45) is 5.43. The van der Waals surface area contributed by atoms with Crippen LogP contribution in [0, 0.1) is 12.3 Å². The van der Waals surface area contributed by atoms with Gasteiger partial charge < -0.3 is 4.57 Å². The second-order valence-corrected chi connectivity index (χ2v) is 5.65. The molecular weight excluding hydrogens is 298 g/mol. The molecule has 0 unspecified atom stereocenters. The fourth-order valence-electron chi connectivity index (χ4n) is 3.04. The topological polar surface area (TPSA) is 37.6 Å². The van der Waals surface area contributed by atoms with Crippen LogP contribution in [0.15, 0.2) is 65.8 Å². The first-order chi connectivity index (χ1) is 11.8. The van der Waals surface area contributed by atoms with E-state index in [-0.39, 0.29) is 12.5 Å². The number of rotatable bonds is 2. The Labute approximate surface area is 140 Å². The second kappa shape index (κ2) is 5.71. The van der Waals surface area contributed by atoms with Crippen LogP contribution >= 0.6 is 0 Å². The highest BCUT2D eigenvalue weighted by molar-refractivity contribution is 6.06. The maximum absolute atomic E-state index is 12.9. The lowest BCUT2D eigenvalue weighted by Gasteiger charge is -2.12. The summed E-state index contributed by atoms with van der Waals surface area (Å²) in [6, 6.07) is 19.8. The van der Waals surface area contributed by atoms with Gasteiger partial charge >= 0.3 is 0 Å². The summed E-state index contributed by atoms with van der Waals surface area (Å²) in [5, 5.41) is 6.96. The van der Waals surface area contributed by atoms with E-state index in [1.165, 1.54) is 5.01 Å². The SMILES string of the molecule is C#CCN1N=C(c2ccccc2)Cn2c(cc3ccccc32)C1=O. The first-order valence-electron chi connectivity index (χ1n) is 7.74. The smallest absolute Gasteiger partial charge is 0.291 e. The number of fused-ring (bicyclic) bond motifs is 3. The zero-order valence-corrected chi connectivity index (χ0v) is 13.0. The molecule has 0 bridgehead atoms. The van der Waals surface area contributed by atoms with E-state index in [1.807, 2.05) is 65.2 Å². The molecule has 0 atom stereocenters. The number of benzene rings is 2. The van der Waals surface area contributed by atoms with Crippen molar-refractivity contribution in [2.75, 3.05) is 6.54 Å². The molecule has 0 saturated carbocycles. The van der Waals surface area contributed by atoms with E-state index < -0.39 is 0 Å². The minimum Gasteiger partial charge on any atom is -0.330 e. The van der Waals surface area contributed by atoms with Crippen molar-refractivity contribution in [3.8, 4) is 12.3 Å². The zero-order valence-electron chi connectivity index (χ0n) is 13.0. The number of carbonyl (C=O) groups is 1. The molecule has 0 aliphatic carbocycles. The van der Waals surface area contributed by atoms with Gasteiger partial charge in [0.15, 0.2) is 0 Å². The summed E-state index contributed by atoms with van der Waals surface area (Å²) in [6.45, 7) is 0.677. The van der Waals surface area contributed by atoms with E-state index in [2.05, 4.69) is 11.0 Å². The molecule has 0 radical (unpaired) electrons. The summed E-state index contributed by atoms with van der Waals surface area (Å²) >= 11 is 0. The van der Waals surface area contributed by atoms with E-state index in [0.29, 0.717) is 12.2 Å². The summed E-state index contributed by atoms with van der Waals surface area (Å²) in [5.74, 6) is 2.35. The number of hydrogen-bond donors (Lipinski definition) is 0. The fraction of sp³-hybridized carbons (Fsp3) is 0.100. The molecule has 0 fully saturated rings. The Morgan fingerprint density at radius 2 is 1.83 bits per heavy atom. The van der Waals surface area contributed by atoms with E-state index in [1.54, 1.807) is 0 Å². The predicted octanol–water partition coefficient (Wildman–Crippen LogP) is 3.13. The number of hydrogen-bond acceptors (Lipinski definition) is 2. The molecule has 1 aliphatic heterocycles. The van der Waals surface area contributed by atoms with E-state index >= 15 is 0 Å². The Balaban J connectivity index is 1.93. The van der Waals surface area contributed by atoms with Gasteiger partial charge in [-0.25, -0.2) is 5.01 Å². The Morgan fingerprint density at radius 1 is 1.08 bits per heavy atom. The lowest BCUT2D eigenvalue weighted by Crippen LogP contribution is -2.26. The number of para-hydroxylation sites is 1. The highest BCUT2D eigenvalue weighted by Gasteiger charge is 2.25. The summed E-state index contributed by atoms with van der Waals surface area (Å²) in [4.78, 5) is 12.9. The van der Waals surface area contributed by atoms with Gasteiger partial charge in [0.2, 0.25) is 0 Å². The van der Waals surface area contributed by atoms with Gasteiger partial charge in [0, 0.05) is 10.9 Å². The quantitative estimate of drug-likeness (QED) is 0.670. The van der Waals surface area contributed by atoms with Gasteiger partial charge in [-0.1, -0.05) is 54.5 Å². The van der Waals surface area contributed by atoms with Crippen LogP contribution in [0.2, 0.25) is 0 Å². The van der Waals surface area contributed by atoms with Crippen LogP contribution in [0.5, 0.6) is 0 Å². The molecule has 1 amide bonds. The lowest BCUT2D eigenvalue weighted by molar-refractivity contribution is 0.0776. The van der Waals surface area contributed by atoms with Crippen LogP contribution in [0.25, 0.3) is 10.9 Å². The maximum atomic E-state index is 12.9. The summed E-state index contributed by atoms with van der Waals surface area (Å²) in [5.41, 5.74) is 3.44. The zero-order chi connectivity index (χ0) is 16.5. The van der Waals surface area contributed by atoms with Crippen LogP contribution in [-0.2, 0) is 6.54 Å². The van der Waals surface area contributed by atoms with E-state index in [0.717, 1.165) is 22.2 Å². The second-order valence-electron chi connectivity index (χ2n) is 5.65. The fourth-order valence-corrected chi connectivity index (χ4v) is 3.04. The largest absolute Gasteiger partial charge is 0.330 e. The maximum Gasteiger partial charge on any atom is 0.291 e. The van der Waals surface area contributed by atoms with E-state index in [9.17, 15) is 4.79 Å². The standard InChI is InChI=1S/C20H15N3O/c1-2-12-23-20(24)19-13-16-10-6-7-11-18(16)22(19)14-17(21-23)15-8-4-3-5-9-15/h1,3-11,13H,12,14H2. The van der Waals surface area contributed by atoms with Crippen LogP contribution in [-0.4, -0.2) is 27.7 Å². The molecule has 0 N–H and O–H groups in total. The Morgan fingerprint density at radius 3 is 2.62 bits per heavy atom. The number of carbonyl (C=O) groups excluding carboxylic acids is 1. The highest BCUT2D eigenvalue weighted by Crippen LogP contribution is 2.24. The Bertz CT molecular complexity index is 993. The van der Waals surface area contributed by atoms with Crippen molar-refractivity contribution in [1.82, 2.24) is 9.58 Å². The number of aromatic nitrogens is 1. The molecule has 24 heavy (non-hydrogen) atoms. The third kappa shape index (κ3) is 2.27. The third-order valence-electron chi connectivity index (χ3n) is 4.16. The number of amides is 1. The molecule has 0 spiro atoms.